The van der Waals surface area contributed by atoms with E-state index in [1.165, 1.54) is 6.20 Å². The molecule has 0 radical (unpaired) electrons. The molecule has 13 heavy (non-hydrogen) atoms. The molecule has 1 aromatic rings. The summed E-state index contributed by atoms with van der Waals surface area (Å²) in [5.41, 5.74) is 1.30. The summed E-state index contributed by atoms with van der Waals surface area (Å²) in [6, 6.07) is 3.73. The van der Waals surface area contributed by atoms with Crippen molar-refractivity contribution in [1.82, 2.24) is 4.98 Å². The SMILES string of the molecule is CC(C)(C)c1cc(Cl)c(C#N)cn1. The third kappa shape index (κ3) is 2.19. The molecular formula is C10H11ClN2. The average molecular weight is 195 g/mol. The Bertz CT molecular complexity index is 358. The highest BCUT2D eigenvalue weighted by Gasteiger charge is 2.16. The molecule has 1 aromatic heterocycles. The van der Waals surface area contributed by atoms with Gasteiger partial charge in [0.25, 0.3) is 0 Å². The molecule has 0 N–H and O–H groups in total. The second-order valence-corrected chi connectivity index (χ2v) is 4.32. The van der Waals surface area contributed by atoms with E-state index in [2.05, 4.69) is 25.8 Å². The smallest absolute Gasteiger partial charge is 0.102 e. The van der Waals surface area contributed by atoms with E-state index < -0.39 is 0 Å². The molecular weight excluding hydrogens is 184 g/mol. The van der Waals surface area contributed by atoms with Crippen LogP contribution in [0, 0.1) is 11.3 Å². The molecule has 68 valence electrons. The molecule has 0 unspecified atom stereocenters. The molecule has 0 saturated heterocycles. The third-order valence-corrected chi connectivity index (χ3v) is 2.06. The lowest BCUT2D eigenvalue weighted by Crippen LogP contribution is -2.13. The van der Waals surface area contributed by atoms with Crippen LogP contribution in [0.25, 0.3) is 0 Å². The number of nitriles is 1. The molecule has 0 aromatic carbocycles. The second kappa shape index (κ2) is 3.35. The molecule has 2 nitrogen and oxygen atoms in total. The molecule has 1 heterocycles. The van der Waals surface area contributed by atoms with E-state index in [1.807, 2.05) is 6.07 Å². The van der Waals surface area contributed by atoms with Gasteiger partial charge in [-0.2, -0.15) is 5.26 Å². The predicted molar refractivity (Wildman–Crippen MR) is 52.7 cm³/mol. The van der Waals surface area contributed by atoms with E-state index in [0.29, 0.717) is 10.6 Å². The van der Waals surface area contributed by atoms with E-state index in [-0.39, 0.29) is 5.41 Å². The standard InChI is InChI=1S/C10H11ClN2/c1-10(2,3)9-4-8(11)7(5-12)6-13-9/h4,6H,1-3H3. The van der Waals surface area contributed by atoms with Gasteiger partial charge in [0.15, 0.2) is 0 Å². The Morgan fingerprint density at radius 1 is 1.46 bits per heavy atom. The van der Waals surface area contributed by atoms with E-state index >= 15 is 0 Å². The van der Waals surface area contributed by atoms with Crippen molar-refractivity contribution in [2.45, 2.75) is 26.2 Å². The summed E-state index contributed by atoms with van der Waals surface area (Å²) in [6.45, 7) is 6.16. The van der Waals surface area contributed by atoms with Crippen molar-refractivity contribution in [1.29, 1.82) is 5.26 Å². The zero-order valence-electron chi connectivity index (χ0n) is 7.93. The van der Waals surface area contributed by atoms with Gasteiger partial charge in [0, 0.05) is 17.3 Å². The second-order valence-electron chi connectivity index (χ2n) is 3.91. The Morgan fingerprint density at radius 3 is 2.46 bits per heavy atom. The number of hydrogen-bond acceptors (Lipinski definition) is 2. The largest absolute Gasteiger partial charge is 0.259 e. The van der Waals surface area contributed by atoms with E-state index in [1.54, 1.807) is 6.07 Å². The summed E-state index contributed by atoms with van der Waals surface area (Å²) in [4.78, 5) is 4.17. The van der Waals surface area contributed by atoms with Gasteiger partial charge in [-0.1, -0.05) is 32.4 Å². The van der Waals surface area contributed by atoms with Crippen LogP contribution >= 0.6 is 11.6 Å². The van der Waals surface area contributed by atoms with Crippen LogP contribution in [0.2, 0.25) is 5.02 Å². The molecule has 0 amide bonds. The molecule has 0 aliphatic heterocycles. The summed E-state index contributed by atoms with van der Waals surface area (Å²) in [5, 5.41) is 9.11. The lowest BCUT2D eigenvalue weighted by molar-refractivity contribution is 0.569. The van der Waals surface area contributed by atoms with Gasteiger partial charge in [-0.3, -0.25) is 4.98 Å². The molecule has 0 spiro atoms. The van der Waals surface area contributed by atoms with Gasteiger partial charge < -0.3 is 0 Å². The number of nitrogens with zero attached hydrogens (tertiary/aromatic N) is 2. The lowest BCUT2D eigenvalue weighted by atomic mass is 9.91. The fourth-order valence-corrected chi connectivity index (χ4v) is 1.12. The van der Waals surface area contributed by atoms with Crippen LogP contribution in [0.1, 0.15) is 32.0 Å². The van der Waals surface area contributed by atoms with Gasteiger partial charge in [-0.15, -0.1) is 0 Å². The number of rotatable bonds is 0. The van der Waals surface area contributed by atoms with Crippen LogP contribution in [0.4, 0.5) is 0 Å². The molecule has 1 rings (SSSR count). The van der Waals surface area contributed by atoms with Gasteiger partial charge in [0.1, 0.15) is 6.07 Å². The number of pyridine rings is 1. The summed E-state index contributed by atoms with van der Waals surface area (Å²) < 4.78 is 0. The van der Waals surface area contributed by atoms with Crippen LogP contribution in [0.15, 0.2) is 12.3 Å². The highest BCUT2D eigenvalue weighted by molar-refractivity contribution is 6.31. The zero-order chi connectivity index (χ0) is 10.1. The number of halogens is 1. The van der Waals surface area contributed by atoms with Crippen molar-refractivity contribution in [2.24, 2.45) is 0 Å². The van der Waals surface area contributed by atoms with Crippen LogP contribution < -0.4 is 0 Å². The first kappa shape index (κ1) is 10.0. The van der Waals surface area contributed by atoms with Gasteiger partial charge in [0.05, 0.1) is 10.6 Å². The van der Waals surface area contributed by atoms with Gasteiger partial charge in [-0.05, 0) is 6.07 Å². The average Bonchev–Trinajstić information content (AvgIpc) is 2.02. The molecule has 0 atom stereocenters. The van der Waals surface area contributed by atoms with E-state index in [9.17, 15) is 0 Å². The van der Waals surface area contributed by atoms with E-state index in [0.717, 1.165) is 5.69 Å². The van der Waals surface area contributed by atoms with Crippen molar-refractivity contribution in [3.63, 3.8) is 0 Å². The third-order valence-electron chi connectivity index (χ3n) is 1.74. The molecule has 0 aliphatic rings. The lowest BCUT2D eigenvalue weighted by Gasteiger charge is -2.17. The fourth-order valence-electron chi connectivity index (χ4n) is 0.923. The maximum Gasteiger partial charge on any atom is 0.102 e. The minimum absolute atomic E-state index is 0.0301. The van der Waals surface area contributed by atoms with Crippen LogP contribution in [-0.2, 0) is 5.41 Å². The maximum absolute atomic E-state index is 8.64. The number of aromatic nitrogens is 1. The Balaban J connectivity index is 3.20. The first-order chi connectivity index (χ1) is 5.95. The molecule has 0 bridgehead atoms. The normalized spacial score (nSPS) is 11.0. The molecule has 0 saturated carbocycles. The van der Waals surface area contributed by atoms with Gasteiger partial charge in [-0.25, -0.2) is 0 Å². The van der Waals surface area contributed by atoms with Crippen LogP contribution in [-0.4, -0.2) is 4.98 Å². The van der Waals surface area contributed by atoms with E-state index in [4.69, 9.17) is 16.9 Å². The first-order valence-corrected chi connectivity index (χ1v) is 4.39. The highest BCUT2D eigenvalue weighted by Crippen LogP contribution is 2.24. The fraction of sp³-hybridized carbons (Fsp3) is 0.400. The van der Waals surface area contributed by atoms with Crippen LogP contribution in [0.3, 0.4) is 0 Å². The van der Waals surface area contributed by atoms with Crippen molar-refractivity contribution < 1.29 is 0 Å². The molecule has 0 aliphatic carbocycles. The summed E-state index contributed by atoms with van der Waals surface area (Å²) in [5.74, 6) is 0. The summed E-state index contributed by atoms with van der Waals surface area (Å²) in [6.07, 6.45) is 1.52. The van der Waals surface area contributed by atoms with Gasteiger partial charge in [0.2, 0.25) is 0 Å². The Kier molecular flexibility index (Phi) is 2.58. The Hall–Kier alpha value is -1.07. The van der Waals surface area contributed by atoms with Crippen LogP contribution in [0.5, 0.6) is 0 Å². The predicted octanol–water partition coefficient (Wildman–Crippen LogP) is 2.90. The zero-order valence-corrected chi connectivity index (χ0v) is 8.68. The van der Waals surface area contributed by atoms with Crippen molar-refractivity contribution >= 4 is 11.6 Å². The minimum Gasteiger partial charge on any atom is -0.259 e. The molecule has 3 heteroatoms. The maximum atomic E-state index is 8.64. The number of hydrogen-bond donors (Lipinski definition) is 0. The minimum atomic E-state index is -0.0301. The Labute approximate surface area is 83.2 Å². The topological polar surface area (TPSA) is 36.7 Å². The monoisotopic (exact) mass is 194 g/mol. The summed E-state index contributed by atoms with van der Waals surface area (Å²) in [7, 11) is 0. The first-order valence-electron chi connectivity index (χ1n) is 4.01. The summed E-state index contributed by atoms with van der Waals surface area (Å²) >= 11 is 5.87. The highest BCUT2D eigenvalue weighted by atomic mass is 35.5. The van der Waals surface area contributed by atoms with Crippen molar-refractivity contribution in [3.05, 3.63) is 28.5 Å². The molecule has 0 fully saturated rings. The van der Waals surface area contributed by atoms with Gasteiger partial charge >= 0.3 is 0 Å². The quantitative estimate of drug-likeness (QED) is 0.637. The Morgan fingerprint density at radius 2 is 2.08 bits per heavy atom. The van der Waals surface area contributed by atoms with Crippen molar-refractivity contribution in [3.8, 4) is 6.07 Å². The van der Waals surface area contributed by atoms with Crippen molar-refractivity contribution in [2.75, 3.05) is 0 Å².